The highest BCUT2D eigenvalue weighted by atomic mass is 16.3. The minimum atomic E-state index is -0.337. The molecule has 0 saturated carbocycles. The summed E-state index contributed by atoms with van der Waals surface area (Å²) in [6, 6.07) is 8.09. The first-order valence-corrected chi connectivity index (χ1v) is 7.44. The molecule has 1 amide bonds. The normalized spacial score (nSPS) is 14.1. The number of aromatic nitrogens is 1. The number of aliphatic hydroxyl groups is 1. The molecule has 2 N–H and O–H groups in total. The highest BCUT2D eigenvalue weighted by Gasteiger charge is 2.24. The van der Waals surface area contributed by atoms with Gasteiger partial charge in [0.15, 0.2) is 0 Å². The molecule has 1 aromatic carbocycles. The van der Waals surface area contributed by atoms with Crippen molar-refractivity contribution >= 4 is 16.8 Å². The van der Waals surface area contributed by atoms with E-state index >= 15 is 0 Å². The van der Waals surface area contributed by atoms with Gasteiger partial charge in [-0.25, -0.2) is 0 Å². The zero-order valence-corrected chi connectivity index (χ0v) is 13.0. The van der Waals surface area contributed by atoms with E-state index in [1.54, 1.807) is 0 Å². The lowest BCUT2D eigenvalue weighted by Gasteiger charge is -2.29. The topological polar surface area (TPSA) is 54.3 Å². The van der Waals surface area contributed by atoms with E-state index in [0.29, 0.717) is 12.8 Å². The molecule has 1 atom stereocenters. The number of para-hydroxylation sites is 1. The molecule has 0 saturated heterocycles. The zero-order chi connectivity index (χ0) is 15.5. The molecule has 0 radical (unpaired) electrons. The van der Waals surface area contributed by atoms with E-state index < -0.39 is 0 Å². The summed E-state index contributed by atoms with van der Waals surface area (Å²) >= 11 is 0. The van der Waals surface area contributed by atoms with Gasteiger partial charge in [-0.15, -0.1) is 0 Å². The van der Waals surface area contributed by atoms with Gasteiger partial charge in [0.2, 0.25) is 5.91 Å². The van der Waals surface area contributed by atoms with Crippen LogP contribution in [0.3, 0.4) is 0 Å². The van der Waals surface area contributed by atoms with Crippen LogP contribution in [0.5, 0.6) is 0 Å². The Bertz CT molecular complexity index is 633. The molecule has 0 spiro atoms. The van der Waals surface area contributed by atoms with E-state index in [1.165, 1.54) is 0 Å². The van der Waals surface area contributed by atoms with Crippen molar-refractivity contribution < 1.29 is 9.90 Å². The number of rotatable bonds is 6. The number of nitrogens with zero attached hydrogens (tertiary/aromatic N) is 1. The largest absolute Gasteiger partial charge is 0.396 e. The standard InChI is InChI=1S/C17H24N2O2/c1-4-17(2,9-10-20)18-16(21)11-13-12-19(3)15-8-6-5-7-14(13)15/h5-8,12,20H,4,9-11H2,1-3H3,(H,18,21). The quantitative estimate of drug-likeness (QED) is 0.857. The molecule has 1 unspecified atom stereocenters. The predicted molar refractivity (Wildman–Crippen MR) is 85.2 cm³/mol. The lowest BCUT2D eigenvalue weighted by molar-refractivity contribution is -0.122. The average Bonchev–Trinajstić information content (AvgIpc) is 2.76. The summed E-state index contributed by atoms with van der Waals surface area (Å²) in [4.78, 5) is 12.3. The lowest BCUT2D eigenvalue weighted by Crippen LogP contribution is -2.46. The van der Waals surface area contributed by atoms with Gasteiger partial charge in [-0.05, 0) is 31.4 Å². The minimum absolute atomic E-state index is 0.00385. The van der Waals surface area contributed by atoms with Crippen molar-refractivity contribution in [2.45, 2.75) is 38.6 Å². The van der Waals surface area contributed by atoms with Crippen molar-refractivity contribution in [3.63, 3.8) is 0 Å². The van der Waals surface area contributed by atoms with E-state index in [-0.39, 0.29) is 18.1 Å². The number of aliphatic hydroxyl groups excluding tert-OH is 1. The molecule has 2 aromatic rings. The van der Waals surface area contributed by atoms with Gasteiger partial charge in [0.1, 0.15) is 0 Å². The van der Waals surface area contributed by atoms with Crippen LogP contribution in [0.4, 0.5) is 0 Å². The Balaban J connectivity index is 2.15. The van der Waals surface area contributed by atoms with Crippen molar-refractivity contribution in [1.29, 1.82) is 0 Å². The van der Waals surface area contributed by atoms with E-state index in [9.17, 15) is 4.79 Å². The van der Waals surface area contributed by atoms with Crippen LogP contribution < -0.4 is 5.32 Å². The maximum Gasteiger partial charge on any atom is 0.224 e. The Labute approximate surface area is 125 Å². The molecule has 1 heterocycles. The summed E-state index contributed by atoms with van der Waals surface area (Å²) in [5.41, 5.74) is 1.83. The maximum atomic E-state index is 12.3. The number of aryl methyl sites for hydroxylation is 1. The molecule has 114 valence electrons. The van der Waals surface area contributed by atoms with Crippen LogP contribution in [0.25, 0.3) is 10.9 Å². The van der Waals surface area contributed by atoms with Gasteiger partial charge < -0.3 is 15.0 Å². The van der Waals surface area contributed by atoms with Crippen LogP contribution in [-0.2, 0) is 18.3 Å². The number of hydrogen-bond acceptors (Lipinski definition) is 2. The Morgan fingerprint density at radius 3 is 2.76 bits per heavy atom. The number of amides is 1. The van der Waals surface area contributed by atoms with Crippen molar-refractivity contribution in [1.82, 2.24) is 9.88 Å². The Kier molecular flexibility index (Phi) is 4.68. The number of carbonyl (C=O) groups is 1. The molecule has 2 rings (SSSR count). The van der Waals surface area contributed by atoms with Crippen LogP contribution in [0.1, 0.15) is 32.3 Å². The van der Waals surface area contributed by atoms with Gasteiger partial charge in [-0.1, -0.05) is 25.1 Å². The predicted octanol–water partition coefficient (Wildman–Crippen LogP) is 2.39. The fraction of sp³-hybridized carbons (Fsp3) is 0.471. The molecular weight excluding hydrogens is 264 g/mol. The number of carbonyl (C=O) groups excluding carboxylic acids is 1. The van der Waals surface area contributed by atoms with Crippen LogP contribution in [0, 0.1) is 0 Å². The van der Waals surface area contributed by atoms with Gasteiger partial charge >= 0.3 is 0 Å². The van der Waals surface area contributed by atoms with Crippen molar-refractivity contribution in [2.75, 3.05) is 6.61 Å². The van der Waals surface area contributed by atoms with Crippen LogP contribution in [0.2, 0.25) is 0 Å². The second-order valence-corrected chi connectivity index (χ2v) is 5.90. The summed E-state index contributed by atoms with van der Waals surface area (Å²) in [6.45, 7) is 4.08. The second-order valence-electron chi connectivity index (χ2n) is 5.90. The summed E-state index contributed by atoms with van der Waals surface area (Å²) in [6.07, 6.45) is 3.75. The molecule has 21 heavy (non-hydrogen) atoms. The lowest BCUT2D eigenvalue weighted by atomic mass is 9.94. The third kappa shape index (κ3) is 3.45. The Morgan fingerprint density at radius 1 is 1.38 bits per heavy atom. The van der Waals surface area contributed by atoms with Crippen LogP contribution in [0.15, 0.2) is 30.5 Å². The number of hydrogen-bond donors (Lipinski definition) is 2. The minimum Gasteiger partial charge on any atom is -0.396 e. The van der Waals surface area contributed by atoms with Gasteiger partial charge in [0.05, 0.1) is 6.42 Å². The molecule has 4 heteroatoms. The molecule has 0 aliphatic carbocycles. The van der Waals surface area contributed by atoms with E-state index in [4.69, 9.17) is 5.11 Å². The van der Waals surface area contributed by atoms with Crippen molar-refractivity contribution in [3.8, 4) is 0 Å². The third-order valence-electron chi connectivity index (χ3n) is 4.22. The summed E-state index contributed by atoms with van der Waals surface area (Å²) in [5, 5.41) is 13.3. The third-order valence-corrected chi connectivity index (χ3v) is 4.22. The van der Waals surface area contributed by atoms with Crippen LogP contribution in [-0.4, -0.2) is 27.7 Å². The smallest absolute Gasteiger partial charge is 0.224 e. The molecule has 0 bridgehead atoms. The summed E-state index contributed by atoms with van der Waals surface area (Å²) < 4.78 is 2.05. The Hall–Kier alpha value is -1.81. The number of nitrogens with one attached hydrogen (secondary N) is 1. The maximum absolute atomic E-state index is 12.3. The molecule has 1 aromatic heterocycles. The van der Waals surface area contributed by atoms with Gasteiger partial charge in [0, 0.05) is 36.3 Å². The first-order valence-electron chi connectivity index (χ1n) is 7.44. The zero-order valence-electron chi connectivity index (χ0n) is 13.0. The van der Waals surface area contributed by atoms with E-state index in [0.717, 1.165) is 22.9 Å². The monoisotopic (exact) mass is 288 g/mol. The van der Waals surface area contributed by atoms with Gasteiger partial charge in [-0.3, -0.25) is 4.79 Å². The summed E-state index contributed by atoms with van der Waals surface area (Å²) in [7, 11) is 1.99. The Morgan fingerprint density at radius 2 is 2.10 bits per heavy atom. The number of benzene rings is 1. The SMILES string of the molecule is CCC(C)(CCO)NC(=O)Cc1cn(C)c2ccccc12. The molecule has 0 fully saturated rings. The van der Waals surface area contributed by atoms with Gasteiger partial charge in [-0.2, -0.15) is 0 Å². The molecule has 0 aliphatic heterocycles. The highest BCUT2D eigenvalue weighted by molar-refractivity contribution is 5.89. The fourth-order valence-electron chi connectivity index (χ4n) is 2.69. The average molecular weight is 288 g/mol. The van der Waals surface area contributed by atoms with E-state index in [2.05, 4.69) is 11.4 Å². The summed E-state index contributed by atoms with van der Waals surface area (Å²) in [5.74, 6) is 0.00385. The fourth-order valence-corrected chi connectivity index (χ4v) is 2.69. The van der Waals surface area contributed by atoms with Gasteiger partial charge in [0.25, 0.3) is 0 Å². The molecule has 4 nitrogen and oxygen atoms in total. The highest BCUT2D eigenvalue weighted by Crippen LogP contribution is 2.21. The van der Waals surface area contributed by atoms with E-state index in [1.807, 2.05) is 49.9 Å². The second kappa shape index (κ2) is 6.31. The van der Waals surface area contributed by atoms with Crippen molar-refractivity contribution in [2.24, 2.45) is 7.05 Å². The van der Waals surface area contributed by atoms with Crippen LogP contribution >= 0.6 is 0 Å². The molecule has 0 aliphatic rings. The van der Waals surface area contributed by atoms with Crippen molar-refractivity contribution in [3.05, 3.63) is 36.0 Å². The number of fused-ring (bicyclic) bond motifs is 1. The molecular formula is C17H24N2O2. The first-order chi connectivity index (χ1) is 9.99. The first kappa shape index (κ1) is 15.6.